The first-order valence-corrected chi connectivity index (χ1v) is 5.11. The largest absolute Gasteiger partial charge is 0.320 e. The van der Waals surface area contributed by atoms with E-state index in [2.05, 4.69) is 15.3 Å². The van der Waals surface area contributed by atoms with Crippen molar-refractivity contribution in [2.45, 2.75) is 6.92 Å². The summed E-state index contributed by atoms with van der Waals surface area (Å²) >= 11 is 0. The van der Waals surface area contributed by atoms with E-state index in [1.54, 1.807) is 19.2 Å². The SMILES string of the molecule is Cc1ccncc1NC(=O)c1ccnc(F)c1F. The highest BCUT2D eigenvalue weighted by Crippen LogP contribution is 2.15. The second-order valence-electron chi connectivity index (χ2n) is 3.61. The predicted molar refractivity (Wildman–Crippen MR) is 61.1 cm³/mol. The third-order valence-corrected chi connectivity index (χ3v) is 2.38. The number of carbonyl (C=O) groups excluding carboxylic acids is 1. The lowest BCUT2D eigenvalue weighted by molar-refractivity contribution is 0.102. The van der Waals surface area contributed by atoms with Gasteiger partial charge in [-0.1, -0.05) is 0 Å². The van der Waals surface area contributed by atoms with Crippen LogP contribution in [0.3, 0.4) is 0 Å². The molecule has 18 heavy (non-hydrogen) atoms. The molecular weight excluding hydrogens is 240 g/mol. The molecule has 0 spiro atoms. The minimum absolute atomic E-state index is 0.397. The number of hydrogen-bond donors (Lipinski definition) is 1. The van der Waals surface area contributed by atoms with E-state index in [4.69, 9.17) is 0 Å². The average Bonchev–Trinajstić information content (AvgIpc) is 2.35. The van der Waals surface area contributed by atoms with E-state index >= 15 is 0 Å². The lowest BCUT2D eigenvalue weighted by atomic mass is 10.2. The number of rotatable bonds is 2. The maximum atomic E-state index is 13.3. The summed E-state index contributed by atoms with van der Waals surface area (Å²) in [4.78, 5) is 18.7. The smallest absolute Gasteiger partial charge is 0.258 e. The van der Waals surface area contributed by atoms with Gasteiger partial charge in [-0.2, -0.15) is 4.39 Å². The number of aryl methyl sites for hydroxylation is 1. The van der Waals surface area contributed by atoms with Crippen LogP contribution in [0.5, 0.6) is 0 Å². The third kappa shape index (κ3) is 2.32. The van der Waals surface area contributed by atoms with Crippen molar-refractivity contribution in [3.05, 3.63) is 53.6 Å². The van der Waals surface area contributed by atoms with Crippen LogP contribution in [-0.2, 0) is 0 Å². The number of carbonyl (C=O) groups is 1. The Bertz CT molecular complexity index is 602. The van der Waals surface area contributed by atoms with Gasteiger partial charge in [0.1, 0.15) is 0 Å². The van der Waals surface area contributed by atoms with Crippen LogP contribution in [0.15, 0.2) is 30.7 Å². The van der Waals surface area contributed by atoms with Gasteiger partial charge in [-0.15, -0.1) is 0 Å². The van der Waals surface area contributed by atoms with Crippen LogP contribution in [0.2, 0.25) is 0 Å². The molecule has 0 aliphatic rings. The standard InChI is InChI=1S/C12H9F2N3O/c1-7-2-4-15-6-9(7)17-12(18)8-3-5-16-11(14)10(8)13/h2-6H,1H3,(H,17,18). The van der Waals surface area contributed by atoms with Gasteiger partial charge in [-0.3, -0.25) is 9.78 Å². The number of pyridine rings is 2. The molecule has 2 heterocycles. The van der Waals surface area contributed by atoms with Crippen LogP contribution in [-0.4, -0.2) is 15.9 Å². The zero-order chi connectivity index (χ0) is 13.1. The Labute approximate surface area is 102 Å². The average molecular weight is 249 g/mol. The monoisotopic (exact) mass is 249 g/mol. The molecule has 2 aromatic heterocycles. The van der Waals surface area contributed by atoms with Gasteiger partial charge in [-0.25, -0.2) is 9.37 Å². The molecule has 92 valence electrons. The molecule has 6 heteroatoms. The molecule has 0 unspecified atom stereocenters. The summed E-state index contributed by atoms with van der Waals surface area (Å²) in [6.45, 7) is 1.76. The topological polar surface area (TPSA) is 54.9 Å². The maximum absolute atomic E-state index is 13.3. The fraction of sp³-hybridized carbons (Fsp3) is 0.0833. The fourth-order valence-electron chi connectivity index (χ4n) is 1.38. The Kier molecular flexibility index (Phi) is 3.27. The first kappa shape index (κ1) is 12.1. The lowest BCUT2D eigenvalue weighted by Gasteiger charge is -2.07. The number of hydrogen-bond acceptors (Lipinski definition) is 3. The van der Waals surface area contributed by atoms with E-state index in [0.29, 0.717) is 5.69 Å². The minimum Gasteiger partial charge on any atom is -0.320 e. The normalized spacial score (nSPS) is 10.2. The Morgan fingerprint density at radius 3 is 2.78 bits per heavy atom. The van der Waals surface area contributed by atoms with Gasteiger partial charge < -0.3 is 5.32 Å². The second-order valence-corrected chi connectivity index (χ2v) is 3.61. The third-order valence-electron chi connectivity index (χ3n) is 2.38. The number of aromatic nitrogens is 2. The summed E-state index contributed by atoms with van der Waals surface area (Å²) in [6, 6.07) is 2.80. The molecule has 2 aromatic rings. The van der Waals surface area contributed by atoms with E-state index in [1.165, 1.54) is 6.20 Å². The second kappa shape index (κ2) is 4.87. The predicted octanol–water partition coefficient (Wildman–Crippen LogP) is 2.32. The molecule has 0 bridgehead atoms. The fourth-order valence-corrected chi connectivity index (χ4v) is 1.38. The van der Waals surface area contributed by atoms with Crippen molar-refractivity contribution < 1.29 is 13.6 Å². The molecule has 0 saturated heterocycles. The van der Waals surface area contributed by atoms with Gasteiger partial charge in [-0.05, 0) is 24.6 Å². The Morgan fingerprint density at radius 1 is 1.28 bits per heavy atom. The van der Waals surface area contributed by atoms with E-state index in [9.17, 15) is 13.6 Å². The number of nitrogens with one attached hydrogen (secondary N) is 1. The maximum Gasteiger partial charge on any atom is 0.258 e. The van der Waals surface area contributed by atoms with Gasteiger partial charge in [0.15, 0.2) is 5.82 Å². The van der Waals surface area contributed by atoms with Crippen LogP contribution >= 0.6 is 0 Å². The molecule has 1 N–H and O–H groups in total. The van der Waals surface area contributed by atoms with Crippen molar-refractivity contribution in [2.24, 2.45) is 0 Å². The van der Waals surface area contributed by atoms with Crippen LogP contribution < -0.4 is 5.32 Å². The van der Waals surface area contributed by atoms with Crippen molar-refractivity contribution in [2.75, 3.05) is 5.32 Å². The molecule has 0 aliphatic carbocycles. The summed E-state index contributed by atoms with van der Waals surface area (Å²) in [5, 5.41) is 2.46. The molecule has 0 atom stereocenters. The van der Waals surface area contributed by atoms with Gasteiger partial charge in [0.05, 0.1) is 17.4 Å². The Balaban J connectivity index is 2.28. The quantitative estimate of drug-likeness (QED) is 0.831. The number of anilines is 1. The highest BCUT2D eigenvalue weighted by atomic mass is 19.2. The van der Waals surface area contributed by atoms with Crippen LogP contribution in [0.25, 0.3) is 0 Å². The molecule has 0 aliphatic heterocycles. The zero-order valence-electron chi connectivity index (χ0n) is 9.45. The molecular formula is C12H9F2N3O. The number of halogens is 2. The van der Waals surface area contributed by atoms with Crippen molar-refractivity contribution in [3.8, 4) is 0 Å². The van der Waals surface area contributed by atoms with Gasteiger partial charge in [0, 0.05) is 12.4 Å². The first-order valence-electron chi connectivity index (χ1n) is 5.11. The molecule has 0 radical (unpaired) electrons. The minimum atomic E-state index is -1.30. The van der Waals surface area contributed by atoms with E-state index < -0.39 is 23.2 Å². The molecule has 0 saturated carbocycles. The number of amides is 1. The Morgan fingerprint density at radius 2 is 2.06 bits per heavy atom. The summed E-state index contributed by atoms with van der Waals surface area (Å²) in [5.41, 5.74) is 0.818. The van der Waals surface area contributed by atoms with E-state index in [0.717, 1.165) is 17.8 Å². The van der Waals surface area contributed by atoms with Gasteiger partial charge >= 0.3 is 0 Å². The van der Waals surface area contributed by atoms with Crippen LogP contribution in [0.1, 0.15) is 15.9 Å². The molecule has 2 rings (SSSR count). The first-order chi connectivity index (χ1) is 8.59. The highest BCUT2D eigenvalue weighted by molar-refractivity contribution is 6.04. The molecule has 1 amide bonds. The number of nitrogens with zero attached hydrogens (tertiary/aromatic N) is 2. The summed E-state index contributed by atoms with van der Waals surface area (Å²) in [6.07, 6.45) is 4.03. The van der Waals surface area contributed by atoms with Crippen molar-refractivity contribution >= 4 is 11.6 Å². The summed E-state index contributed by atoms with van der Waals surface area (Å²) in [5.74, 6) is -3.31. The van der Waals surface area contributed by atoms with E-state index in [-0.39, 0.29) is 0 Å². The highest BCUT2D eigenvalue weighted by Gasteiger charge is 2.16. The Hall–Kier alpha value is -2.37. The van der Waals surface area contributed by atoms with E-state index in [1.807, 2.05) is 0 Å². The lowest BCUT2D eigenvalue weighted by Crippen LogP contribution is -2.15. The molecule has 4 nitrogen and oxygen atoms in total. The van der Waals surface area contributed by atoms with Crippen molar-refractivity contribution in [1.29, 1.82) is 0 Å². The van der Waals surface area contributed by atoms with Crippen LogP contribution in [0, 0.1) is 18.7 Å². The van der Waals surface area contributed by atoms with Gasteiger partial charge in [0.2, 0.25) is 5.95 Å². The zero-order valence-corrected chi connectivity index (χ0v) is 9.45. The van der Waals surface area contributed by atoms with Gasteiger partial charge in [0.25, 0.3) is 5.91 Å². The van der Waals surface area contributed by atoms with Crippen molar-refractivity contribution in [3.63, 3.8) is 0 Å². The molecule has 0 aromatic carbocycles. The van der Waals surface area contributed by atoms with Crippen molar-refractivity contribution in [1.82, 2.24) is 9.97 Å². The summed E-state index contributed by atoms with van der Waals surface area (Å²) in [7, 11) is 0. The van der Waals surface area contributed by atoms with Crippen LogP contribution in [0.4, 0.5) is 14.5 Å². The molecule has 0 fully saturated rings. The summed E-state index contributed by atoms with van der Waals surface area (Å²) < 4.78 is 26.2.